The van der Waals surface area contributed by atoms with Crippen molar-refractivity contribution >= 4 is 120 Å². The predicted octanol–water partition coefficient (Wildman–Crippen LogP) is -4.04. The molecule has 4 aliphatic heterocycles. The van der Waals surface area contributed by atoms with Crippen molar-refractivity contribution in [3.8, 4) is 0 Å². The molecule has 109 heavy (non-hydrogen) atoms. The zero-order chi connectivity index (χ0) is 80.2. The Morgan fingerprint density at radius 1 is 0.514 bits per heavy atom. The minimum Gasteiger partial charge on any atom is -0.481 e. The minimum atomic E-state index is -1.86. The topological polar surface area (TPSA) is 506 Å². The molecule has 0 saturated carbocycles. The monoisotopic (exact) mass is 1560 g/mol. The number of carbonyl (C=O) groups excluding carboxylic acids is 14. The number of aliphatic hydroxyl groups excluding tert-OH is 2. The molecule has 600 valence electrons. The number of amides is 14. The van der Waals surface area contributed by atoms with Gasteiger partial charge in [0.05, 0.1) is 38.8 Å². The van der Waals surface area contributed by atoms with Gasteiger partial charge in [-0.2, -0.15) is 25.3 Å². The lowest BCUT2D eigenvalue weighted by molar-refractivity contribution is -0.149. The van der Waals surface area contributed by atoms with Gasteiger partial charge in [-0.1, -0.05) is 101 Å². The summed E-state index contributed by atoms with van der Waals surface area (Å²) in [4.78, 5) is 225. The van der Waals surface area contributed by atoms with E-state index in [0.717, 1.165) is 11.8 Å². The quantitative estimate of drug-likeness (QED) is 0.0260. The third-order valence-corrected chi connectivity index (χ3v) is 20.2. The number of carboxylic acids is 1. The summed E-state index contributed by atoms with van der Waals surface area (Å²) in [6.45, 7) is 4.39. The number of fused-ring (bicyclic) bond motifs is 3. The summed E-state index contributed by atoms with van der Waals surface area (Å²) in [6.07, 6.45) is -1.24. The van der Waals surface area contributed by atoms with E-state index in [0.29, 0.717) is 36.8 Å². The van der Waals surface area contributed by atoms with E-state index in [4.69, 9.17) is 11.5 Å². The molecular formula is C72H107N17O18S2. The second-order valence-electron chi connectivity index (χ2n) is 27.8. The Morgan fingerprint density at radius 2 is 0.972 bits per heavy atom. The van der Waals surface area contributed by atoms with E-state index in [9.17, 15) is 87.2 Å². The van der Waals surface area contributed by atoms with Gasteiger partial charge in [-0.15, -0.1) is 0 Å². The van der Waals surface area contributed by atoms with Gasteiger partial charge in [0.1, 0.15) is 66.5 Å². The van der Waals surface area contributed by atoms with Gasteiger partial charge in [-0.05, 0) is 81.3 Å². The first kappa shape index (κ1) is 88.3. The largest absolute Gasteiger partial charge is 0.481 e. The van der Waals surface area contributed by atoms with E-state index in [-0.39, 0.29) is 108 Å². The van der Waals surface area contributed by atoms with Crippen LogP contribution < -0.4 is 59.3 Å². The molecule has 37 heteroatoms. The van der Waals surface area contributed by atoms with Gasteiger partial charge in [0.2, 0.25) is 82.7 Å². The molecule has 35 nitrogen and oxygen atoms in total. The fourth-order valence-corrected chi connectivity index (χ4v) is 14.0. The molecule has 0 aliphatic carbocycles. The molecule has 0 unspecified atom stereocenters. The number of carbonyl (C=O) groups is 15. The van der Waals surface area contributed by atoms with Crippen molar-refractivity contribution in [1.29, 1.82) is 0 Å². The number of aliphatic imine (C=N–C) groups is 1. The maximum atomic E-state index is 15.0. The second kappa shape index (κ2) is 43.5. The van der Waals surface area contributed by atoms with Crippen LogP contribution in [0.5, 0.6) is 0 Å². The number of rotatable bonds is 20. The first-order chi connectivity index (χ1) is 51.9. The molecule has 4 heterocycles. The van der Waals surface area contributed by atoms with Gasteiger partial charge >= 0.3 is 5.97 Å². The number of nitrogens with zero attached hydrogens (tertiary/aromatic N) is 6. The minimum absolute atomic E-state index is 0.0230. The maximum absolute atomic E-state index is 15.0. The van der Waals surface area contributed by atoms with E-state index in [1.54, 1.807) is 88.4 Å². The lowest BCUT2D eigenvalue weighted by atomic mass is 9.96. The van der Waals surface area contributed by atoms with Crippen molar-refractivity contribution < 1.29 is 87.2 Å². The Kier molecular flexibility index (Phi) is 35.3. The third kappa shape index (κ3) is 25.8. The summed E-state index contributed by atoms with van der Waals surface area (Å²) < 4.78 is 0. The Balaban J connectivity index is 1.37. The number of thiol groups is 2. The van der Waals surface area contributed by atoms with Crippen molar-refractivity contribution in [2.24, 2.45) is 28.3 Å². The van der Waals surface area contributed by atoms with Crippen LogP contribution in [0.25, 0.3) is 0 Å². The highest BCUT2D eigenvalue weighted by Crippen LogP contribution is 2.28. The average molecular weight is 1560 g/mol. The third-order valence-electron chi connectivity index (χ3n) is 19.8. The van der Waals surface area contributed by atoms with Crippen molar-refractivity contribution in [3.05, 3.63) is 71.8 Å². The number of aliphatic carboxylic acids is 1. The Labute approximate surface area is 644 Å². The van der Waals surface area contributed by atoms with Crippen LogP contribution in [-0.4, -0.2) is 284 Å². The lowest BCUT2D eigenvalue weighted by Crippen LogP contribution is -2.62. The Morgan fingerprint density at radius 3 is 1.50 bits per heavy atom. The SMILES string of the molecule is CC[C@H](C)[C@@H]1NC(=O)[C@@H]2CCCN2C(=O)[C@@H]2CCCN2C(=O)[C@H]([C@@H](C)CC)NC(=O)[C@H](CO)NC(=O)[C@H](Cc2ccccc2)NC(=O)[C@H]([C@@H](C)O)NC(=O)CN(CCS)C(=O)[C@H](CCCN=C(N)N)NC(=O)CNC(=O)[C@H](CC(=O)O)NC(=O)[C@@H]2CCCN2C(=O)[C@H](Cc2ccccc2)NC(=O)CN(CCS)C1=O. The Bertz CT molecular complexity index is 3560. The van der Waals surface area contributed by atoms with Gasteiger partial charge in [0.15, 0.2) is 5.96 Å². The number of hydrogen-bond acceptors (Lipinski definition) is 20. The first-order valence-corrected chi connectivity index (χ1v) is 38.2. The van der Waals surface area contributed by atoms with Crippen molar-refractivity contribution in [2.75, 3.05) is 77.0 Å². The van der Waals surface area contributed by atoms with Crippen LogP contribution in [0.3, 0.4) is 0 Å². The highest BCUT2D eigenvalue weighted by Gasteiger charge is 2.47. The van der Waals surface area contributed by atoms with Crippen LogP contribution >= 0.6 is 25.3 Å². The number of carboxylic acid groups (broad SMARTS) is 1. The van der Waals surface area contributed by atoms with E-state index in [1.807, 2.05) is 0 Å². The van der Waals surface area contributed by atoms with Gasteiger partial charge in [0.25, 0.3) is 0 Å². The number of nitrogens with one attached hydrogen (secondary N) is 9. The van der Waals surface area contributed by atoms with Crippen LogP contribution in [0.2, 0.25) is 0 Å². The molecule has 0 bridgehead atoms. The van der Waals surface area contributed by atoms with E-state index in [2.05, 4.69) is 78.1 Å². The molecule has 0 aromatic heterocycles. The van der Waals surface area contributed by atoms with Crippen LogP contribution in [0.15, 0.2) is 65.7 Å². The normalized spacial score (nSPS) is 26.1. The molecule has 0 radical (unpaired) electrons. The number of hydrogen-bond donors (Lipinski definition) is 16. The molecule has 4 fully saturated rings. The summed E-state index contributed by atoms with van der Waals surface area (Å²) in [5, 5.41) is 54.7. The molecule has 0 spiro atoms. The zero-order valence-corrected chi connectivity index (χ0v) is 64.0. The summed E-state index contributed by atoms with van der Waals surface area (Å²) in [5.41, 5.74) is 12.1. The maximum Gasteiger partial charge on any atom is 0.305 e. The molecule has 6 rings (SSSR count). The Hall–Kier alpha value is -9.62. The molecule has 4 aliphatic rings. The standard InChI is InChI=1S/C72H107N17O18S2/c1-6-41(3)58-70(106)86(31-33-109)38-55(93)78-49(35-45-20-12-9-13-21-45)68(104)87-27-15-23-51(87)64(100)79-48(36-57(95)96)61(97)76-37-54(92)77-46(22-14-26-75-72(73)74)67(103)85(30-32-108)39-56(94)82-60(43(5)91)66(102)80-47(34-44-18-10-8-11-19-44)62(98)81-50(40-90)63(99)83-59(42(4)7-2)71(107)89-29-17-25-53(89)69(105)88-28-16-24-52(88)65(101)84-58/h8-13,18-21,41-43,46-53,58-60,90-91,108-109H,6-7,14-17,22-40H2,1-5H3,(H,76,97)(H,77,92)(H,78,93)(H,79,100)(H,80,102)(H,81,98)(H,82,94)(H,83,99)(H,84,101)(H,95,96)(H4,73,74,75)/t41-,42-,43+,46-,47-,48-,49-,50-,51-,52-,53-,58-,59-,60-/m0/s1. The van der Waals surface area contributed by atoms with Gasteiger partial charge in [-0.25, -0.2) is 0 Å². The van der Waals surface area contributed by atoms with Gasteiger partial charge in [-0.3, -0.25) is 76.9 Å². The molecule has 2 aromatic carbocycles. The first-order valence-electron chi connectivity index (χ1n) is 37.0. The summed E-state index contributed by atoms with van der Waals surface area (Å²) >= 11 is 8.68. The van der Waals surface area contributed by atoms with Crippen molar-refractivity contribution in [1.82, 2.24) is 72.4 Å². The lowest BCUT2D eigenvalue weighted by Gasteiger charge is -2.35. The van der Waals surface area contributed by atoms with Crippen molar-refractivity contribution in [3.63, 3.8) is 0 Å². The molecule has 14 atom stereocenters. The summed E-state index contributed by atoms with van der Waals surface area (Å²) in [6, 6.07) is 0.665. The van der Waals surface area contributed by atoms with Crippen LogP contribution in [0.4, 0.5) is 0 Å². The highest BCUT2D eigenvalue weighted by molar-refractivity contribution is 7.80. The fraction of sp³-hybridized carbons (Fsp3) is 0.611. The van der Waals surface area contributed by atoms with Crippen LogP contribution in [0, 0.1) is 11.8 Å². The molecular weight excluding hydrogens is 1460 g/mol. The zero-order valence-electron chi connectivity index (χ0n) is 62.2. The molecule has 2 aromatic rings. The van der Waals surface area contributed by atoms with Crippen LogP contribution in [-0.2, 0) is 84.8 Å². The number of nitrogens with two attached hydrogens (primary N) is 2. The predicted molar refractivity (Wildman–Crippen MR) is 404 cm³/mol. The number of guanidine groups is 1. The number of benzene rings is 2. The second-order valence-corrected chi connectivity index (χ2v) is 28.7. The smallest absolute Gasteiger partial charge is 0.305 e. The fourth-order valence-electron chi connectivity index (χ4n) is 13.5. The van der Waals surface area contributed by atoms with E-state index >= 15 is 0 Å². The van der Waals surface area contributed by atoms with E-state index < -0.39 is 206 Å². The van der Waals surface area contributed by atoms with Crippen molar-refractivity contribution in [2.45, 2.75) is 191 Å². The molecule has 16 N–H and O–H groups in total. The summed E-state index contributed by atoms with van der Waals surface area (Å²) in [7, 11) is 0. The molecule has 14 amide bonds. The molecule has 4 saturated heterocycles. The highest BCUT2D eigenvalue weighted by atomic mass is 32.1. The average Bonchev–Trinajstić information content (AvgIpc) is 1.69. The van der Waals surface area contributed by atoms with Gasteiger partial charge < -0.3 is 99.1 Å². The van der Waals surface area contributed by atoms with Gasteiger partial charge in [0, 0.05) is 63.6 Å². The van der Waals surface area contributed by atoms with Crippen LogP contribution in [0.1, 0.15) is 116 Å². The summed E-state index contributed by atoms with van der Waals surface area (Å²) in [5.74, 6) is -15.5. The number of aliphatic hydroxyl groups is 2. The van der Waals surface area contributed by atoms with E-state index in [1.165, 1.54) is 19.6 Å².